The number of aryl methyl sites for hydroxylation is 2. The molecule has 6 rings (SSSR count). The average Bonchev–Trinajstić information content (AvgIpc) is 3.62. The summed E-state index contributed by atoms with van der Waals surface area (Å²) in [5.41, 5.74) is -0.263. The predicted molar refractivity (Wildman–Crippen MR) is 200 cm³/mol. The van der Waals surface area contributed by atoms with Gasteiger partial charge in [-0.05, 0) is 68.3 Å². The molecule has 0 saturated carbocycles. The molecule has 0 radical (unpaired) electrons. The second kappa shape index (κ2) is 14.4. The van der Waals surface area contributed by atoms with Gasteiger partial charge in [-0.15, -0.1) is 0 Å². The quantitative estimate of drug-likeness (QED) is 0.184. The summed E-state index contributed by atoms with van der Waals surface area (Å²) in [7, 11) is 0.712. The minimum absolute atomic E-state index is 0.0134. The number of nitrogens with one attached hydrogen (secondary N) is 1. The molecule has 0 unspecified atom stereocenters. The number of carbonyl (C=O) groups excluding carboxylic acids is 1. The predicted octanol–water partition coefficient (Wildman–Crippen LogP) is 5.72. The lowest BCUT2D eigenvalue weighted by Gasteiger charge is -2.25. The number of amides is 1. The maximum atomic E-state index is 14.7. The van der Waals surface area contributed by atoms with Crippen LogP contribution in [-0.2, 0) is 41.8 Å². The highest BCUT2D eigenvalue weighted by Gasteiger charge is 2.31. The zero-order valence-corrected chi connectivity index (χ0v) is 32.0. The third kappa shape index (κ3) is 7.72. The Morgan fingerprint density at radius 2 is 1.69 bits per heavy atom. The highest BCUT2D eigenvalue weighted by molar-refractivity contribution is 7.92. The molecule has 1 atom stereocenters. The van der Waals surface area contributed by atoms with Gasteiger partial charge in [0.25, 0.3) is 5.56 Å². The lowest BCUT2D eigenvalue weighted by molar-refractivity contribution is 0.0500. The zero-order valence-electron chi connectivity index (χ0n) is 30.4. The minimum Gasteiger partial charge on any atom is -0.497 e. The molecule has 14 nitrogen and oxygen atoms in total. The Labute approximate surface area is 313 Å². The molecule has 1 amide bonds. The van der Waals surface area contributed by atoms with Crippen LogP contribution in [0.4, 0.5) is 19.4 Å². The van der Waals surface area contributed by atoms with Crippen LogP contribution in [0.15, 0.2) is 65.7 Å². The minimum atomic E-state index is -3.98. The summed E-state index contributed by atoms with van der Waals surface area (Å²) in [4.78, 5) is 37.0. The van der Waals surface area contributed by atoms with Gasteiger partial charge in [-0.3, -0.25) is 14.0 Å². The molecule has 0 aliphatic heterocycles. The summed E-state index contributed by atoms with van der Waals surface area (Å²) < 4.78 is 71.6. The molecule has 0 saturated heterocycles. The molecule has 0 spiro atoms. The van der Waals surface area contributed by atoms with E-state index in [4.69, 9.17) is 26.1 Å². The molecular weight excluding hydrogens is 746 g/mol. The van der Waals surface area contributed by atoms with Crippen molar-refractivity contribution in [2.75, 3.05) is 17.7 Å². The van der Waals surface area contributed by atoms with Gasteiger partial charge in [-0.25, -0.2) is 36.3 Å². The number of hydrogen-bond donors (Lipinski definition) is 1. The zero-order chi connectivity index (χ0) is 39.3. The van der Waals surface area contributed by atoms with Gasteiger partial charge in [-0.2, -0.15) is 5.10 Å². The van der Waals surface area contributed by atoms with Crippen LogP contribution in [0.2, 0.25) is 5.02 Å². The van der Waals surface area contributed by atoms with Gasteiger partial charge in [0.15, 0.2) is 17.0 Å². The van der Waals surface area contributed by atoms with Crippen LogP contribution in [-0.4, -0.2) is 62.4 Å². The number of benzene rings is 3. The van der Waals surface area contributed by atoms with E-state index in [1.54, 1.807) is 59.1 Å². The van der Waals surface area contributed by atoms with Crippen molar-refractivity contribution in [1.29, 1.82) is 0 Å². The van der Waals surface area contributed by atoms with Crippen LogP contribution in [0.1, 0.15) is 43.8 Å². The van der Waals surface area contributed by atoms with E-state index in [1.165, 1.54) is 39.4 Å². The van der Waals surface area contributed by atoms with E-state index in [0.717, 1.165) is 22.7 Å². The number of aromatic nitrogens is 6. The number of ether oxygens (including phenoxy) is 2. The third-order valence-electron chi connectivity index (χ3n) is 8.40. The van der Waals surface area contributed by atoms with Crippen molar-refractivity contribution < 1.29 is 31.5 Å². The number of carbonyl (C=O) groups is 1. The number of fused-ring (bicyclic) bond motifs is 2. The topological polar surface area (TPSA) is 155 Å². The molecule has 0 aliphatic rings. The van der Waals surface area contributed by atoms with Gasteiger partial charge in [0, 0.05) is 26.6 Å². The first-order valence-corrected chi connectivity index (χ1v) is 18.7. The van der Waals surface area contributed by atoms with Crippen LogP contribution in [0.3, 0.4) is 0 Å². The van der Waals surface area contributed by atoms with E-state index < -0.39 is 45.0 Å². The molecule has 18 heteroatoms. The second-order valence-corrected chi connectivity index (χ2v) is 16.0. The smallest absolute Gasteiger partial charge is 0.408 e. The summed E-state index contributed by atoms with van der Waals surface area (Å²) in [6.45, 7) is 4.87. The molecule has 284 valence electrons. The highest BCUT2D eigenvalue weighted by Crippen LogP contribution is 2.38. The second-order valence-electron chi connectivity index (χ2n) is 13.7. The van der Waals surface area contributed by atoms with Gasteiger partial charge >= 0.3 is 6.09 Å². The number of imidazole rings is 1. The van der Waals surface area contributed by atoms with Crippen LogP contribution < -0.4 is 19.9 Å². The van der Waals surface area contributed by atoms with Gasteiger partial charge in [0.05, 0.1) is 53.9 Å². The fourth-order valence-electron chi connectivity index (χ4n) is 6.14. The Morgan fingerprint density at radius 1 is 1.02 bits per heavy atom. The molecule has 0 fully saturated rings. The number of methoxy groups -OCH3 is 1. The number of anilines is 1. The summed E-state index contributed by atoms with van der Waals surface area (Å²) in [5.74, 6) is -1.20. The van der Waals surface area contributed by atoms with Crippen molar-refractivity contribution in [3.8, 4) is 11.4 Å². The average molecular weight is 783 g/mol. The lowest BCUT2D eigenvalue weighted by atomic mass is 10.0. The summed E-state index contributed by atoms with van der Waals surface area (Å²) in [5, 5.41) is 7.67. The summed E-state index contributed by atoms with van der Waals surface area (Å²) >= 11 is 6.83. The Morgan fingerprint density at radius 3 is 2.30 bits per heavy atom. The normalized spacial score (nSPS) is 12.6. The number of rotatable bonds is 10. The Hall–Kier alpha value is -5.55. The first kappa shape index (κ1) is 38.2. The SMILES string of the molecule is COc1ccc(CN(c2nn(C)c3c(-n4c([C@H](Cc5cc(F)cc(F)c5)NC(=O)OC(C)(C)C)nc5ncn(C)c5c4=O)ccc(Cl)c23)S(C)(=O)=O)cc1. The fourth-order valence-corrected chi connectivity index (χ4v) is 7.20. The Bertz CT molecular complexity index is 2560. The molecule has 3 aromatic carbocycles. The maximum absolute atomic E-state index is 14.7. The summed E-state index contributed by atoms with van der Waals surface area (Å²) in [6.07, 6.45) is 1.31. The maximum Gasteiger partial charge on any atom is 0.408 e. The molecule has 3 aromatic heterocycles. The Kier molecular flexibility index (Phi) is 10.2. The van der Waals surface area contributed by atoms with Crippen LogP contribution in [0.5, 0.6) is 5.75 Å². The van der Waals surface area contributed by atoms with Crippen LogP contribution in [0, 0.1) is 11.6 Å². The van der Waals surface area contributed by atoms with Crippen molar-refractivity contribution in [2.45, 2.75) is 45.4 Å². The molecule has 1 N–H and O–H groups in total. The molecule has 6 aromatic rings. The van der Waals surface area contributed by atoms with E-state index in [2.05, 4.69) is 15.4 Å². The Balaban J connectivity index is 1.61. The van der Waals surface area contributed by atoms with E-state index in [1.807, 2.05) is 0 Å². The third-order valence-corrected chi connectivity index (χ3v) is 9.82. The molecule has 0 bridgehead atoms. The van der Waals surface area contributed by atoms with Crippen molar-refractivity contribution in [3.05, 3.63) is 105 Å². The molecular formula is C36H37ClF2N8O6S. The number of halogens is 3. The molecule has 54 heavy (non-hydrogen) atoms. The lowest BCUT2D eigenvalue weighted by Crippen LogP contribution is -2.39. The van der Waals surface area contributed by atoms with Gasteiger partial charge in [0.2, 0.25) is 10.0 Å². The van der Waals surface area contributed by atoms with E-state index in [-0.39, 0.29) is 62.9 Å². The molecule has 0 aliphatic carbocycles. The number of nitrogens with zero attached hydrogens (tertiary/aromatic N) is 7. The van der Waals surface area contributed by atoms with Gasteiger partial charge in [-0.1, -0.05) is 23.7 Å². The van der Waals surface area contributed by atoms with Crippen molar-refractivity contribution in [3.63, 3.8) is 0 Å². The largest absolute Gasteiger partial charge is 0.497 e. The summed E-state index contributed by atoms with van der Waals surface area (Å²) in [6, 6.07) is 11.5. The van der Waals surface area contributed by atoms with Gasteiger partial charge in [0.1, 0.15) is 28.8 Å². The van der Waals surface area contributed by atoms with E-state index in [9.17, 15) is 26.8 Å². The number of hydrogen-bond acceptors (Lipinski definition) is 9. The van der Waals surface area contributed by atoms with Crippen molar-refractivity contribution >= 4 is 55.6 Å². The standard InChI is InChI=1S/C36H37ClF2N8O6S/c1-36(2,3)53-35(49)41-26(16-21-14-22(38)17-23(39)15-21)32-42-31-30(44(4)19-40-31)34(48)47(32)27-13-12-25(37)28-29(27)45(5)43-33(28)46(54(7,50)51)18-20-8-10-24(52-6)11-9-20/h8-15,17,19,26H,16,18H2,1-7H3,(H,41,49)/t26-/m0/s1. The first-order chi connectivity index (χ1) is 25.3. The molecule has 3 heterocycles. The van der Waals surface area contributed by atoms with Crippen molar-refractivity contribution in [1.82, 2.24) is 34.2 Å². The monoisotopic (exact) mass is 782 g/mol. The van der Waals surface area contributed by atoms with E-state index in [0.29, 0.717) is 17.4 Å². The van der Waals surface area contributed by atoms with Crippen LogP contribution in [0.25, 0.3) is 27.8 Å². The number of alkyl carbamates (subject to hydrolysis) is 1. The van der Waals surface area contributed by atoms with Gasteiger partial charge < -0.3 is 19.4 Å². The van der Waals surface area contributed by atoms with Crippen molar-refractivity contribution in [2.24, 2.45) is 14.1 Å². The highest BCUT2D eigenvalue weighted by atomic mass is 35.5. The first-order valence-electron chi connectivity index (χ1n) is 16.5. The number of sulfonamides is 1. The fraction of sp³-hybridized carbons (Fsp3) is 0.306. The van der Waals surface area contributed by atoms with E-state index >= 15 is 0 Å². The van der Waals surface area contributed by atoms with Crippen LogP contribution >= 0.6 is 11.6 Å².